The van der Waals surface area contributed by atoms with E-state index in [9.17, 15) is 0 Å². The molecule has 94 valence electrons. The van der Waals surface area contributed by atoms with Gasteiger partial charge in [0, 0.05) is 25.6 Å². The van der Waals surface area contributed by atoms with Crippen molar-refractivity contribution in [2.24, 2.45) is 5.92 Å². The number of rotatable bonds is 6. The van der Waals surface area contributed by atoms with Crippen LogP contribution in [0.3, 0.4) is 0 Å². The molecule has 0 aliphatic heterocycles. The Bertz CT molecular complexity index is 200. The van der Waals surface area contributed by atoms with E-state index in [1.165, 1.54) is 32.1 Å². The van der Waals surface area contributed by atoms with E-state index in [4.69, 9.17) is 10.1 Å². The average molecular weight is 226 g/mol. The second-order valence-electron chi connectivity index (χ2n) is 4.50. The van der Waals surface area contributed by atoms with Crippen LogP contribution in [0, 0.1) is 11.3 Å². The van der Waals surface area contributed by atoms with Gasteiger partial charge in [-0.3, -0.25) is 5.41 Å². The van der Waals surface area contributed by atoms with Gasteiger partial charge in [-0.15, -0.1) is 0 Å². The average Bonchev–Trinajstić information content (AvgIpc) is 2.35. The highest BCUT2D eigenvalue weighted by Gasteiger charge is 2.21. The molecule has 0 aromatic carbocycles. The standard InChI is InChI=1S/C13H26N2O/c1-3-15(10-11-16-4-2)13(14)12-8-6-5-7-9-12/h12,14H,3-11H2,1-2H3. The van der Waals surface area contributed by atoms with E-state index in [-0.39, 0.29) is 0 Å². The van der Waals surface area contributed by atoms with Crippen LogP contribution in [-0.4, -0.2) is 37.0 Å². The number of ether oxygens (including phenoxy) is 1. The minimum absolute atomic E-state index is 0.510. The molecule has 0 amide bonds. The van der Waals surface area contributed by atoms with E-state index in [0.29, 0.717) is 5.92 Å². The van der Waals surface area contributed by atoms with Crippen molar-refractivity contribution in [3.8, 4) is 0 Å². The van der Waals surface area contributed by atoms with Crippen molar-refractivity contribution in [1.29, 1.82) is 5.41 Å². The van der Waals surface area contributed by atoms with Gasteiger partial charge in [-0.2, -0.15) is 0 Å². The van der Waals surface area contributed by atoms with Crippen LogP contribution >= 0.6 is 0 Å². The third-order valence-corrected chi connectivity index (χ3v) is 3.42. The van der Waals surface area contributed by atoms with E-state index in [1.54, 1.807) is 0 Å². The summed E-state index contributed by atoms with van der Waals surface area (Å²) in [7, 11) is 0. The minimum atomic E-state index is 0.510. The molecule has 0 bridgehead atoms. The maximum Gasteiger partial charge on any atom is 0.0990 e. The van der Waals surface area contributed by atoms with E-state index in [1.807, 2.05) is 6.92 Å². The Balaban J connectivity index is 2.35. The number of likely N-dealkylation sites (N-methyl/N-ethyl adjacent to an activating group) is 1. The largest absolute Gasteiger partial charge is 0.380 e. The fourth-order valence-electron chi connectivity index (χ4n) is 2.40. The second-order valence-corrected chi connectivity index (χ2v) is 4.50. The summed E-state index contributed by atoms with van der Waals surface area (Å²) in [6, 6.07) is 0. The second kappa shape index (κ2) is 7.66. The molecule has 0 aromatic rings. The van der Waals surface area contributed by atoms with Gasteiger partial charge in [0.05, 0.1) is 12.4 Å². The number of hydrogen-bond donors (Lipinski definition) is 1. The van der Waals surface area contributed by atoms with Crippen molar-refractivity contribution in [2.75, 3.05) is 26.3 Å². The molecule has 0 radical (unpaired) electrons. The highest BCUT2D eigenvalue weighted by molar-refractivity contribution is 5.81. The normalized spacial score (nSPS) is 17.4. The van der Waals surface area contributed by atoms with Crippen LogP contribution in [0.5, 0.6) is 0 Å². The number of amidine groups is 1. The maximum atomic E-state index is 8.25. The third kappa shape index (κ3) is 4.12. The first kappa shape index (κ1) is 13.5. The molecule has 1 aliphatic rings. The van der Waals surface area contributed by atoms with Crippen LogP contribution < -0.4 is 0 Å². The van der Waals surface area contributed by atoms with Crippen LogP contribution in [0.4, 0.5) is 0 Å². The van der Waals surface area contributed by atoms with Crippen molar-refractivity contribution in [1.82, 2.24) is 4.90 Å². The lowest BCUT2D eigenvalue weighted by molar-refractivity contribution is 0.131. The van der Waals surface area contributed by atoms with Crippen molar-refractivity contribution in [2.45, 2.75) is 46.0 Å². The topological polar surface area (TPSA) is 36.3 Å². The van der Waals surface area contributed by atoms with Crippen molar-refractivity contribution in [3.05, 3.63) is 0 Å². The van der Waals surface area contributed by atoms with Crippen LogP contribution in [0.15, 0.2) is 0 Å². The van der Waals surface area contributed by atoms with Gasteiger partial charge in [0.1, 0.15) is 0 Å². The Labute approximate surface area is 99.7 Å². The quantitative estimate of drug-likeness (QED) is 0.429. The molecule has 3 nitrogen and oxygen atoms in total. The summed E-state index contributed by atoms with van der Waals surface area (Å²) in [6.07, 6.45) is 6.38. The summed E-state index contributed by atoms with van der Waals surface area (Å²) in [5.74, 6) is 1.36. The lowest BCUT2D eigenvalue weighted by Gasteiger charge is -2.31. The summed E-state index contributed by atoms with van der Waals surface area (Å²) < 4.78 is 5.36. The molecular formula is C13H26N2O. The molecule has 1 fully saturated rings. The monoisotopic (exact) mass is 226 g/mol. The van der Waals surface area contributed by atoms with Crippen LogP contribution in [-0.2, 0) is 4.74 Å². The van der Waals surface area contributed by atoms with Gasteiger partial charge in [-0.05, 0) is 26.7 Å². The molecule has 0 heterocycles. The smallest absolute Gasteiger partial charge is 0.0990 e. The summed E-state index contributed by atoms with van der Waals surface area (Å²) in [5, 5.41) is 8.25. The Kier molecular flexibility index (Phi) is 6.46. The highest BCUT2D eigenvalue weighted by Crippen LogP contribution is 2.25. The van der Waals surface area contributed by atoms with Gasteiger partial charge in [0.25, 0.3) is 0 Å². The third-order valence-electron chi connectivity index (χ3n) is 3.42. The summed E-state index contributed by atoms with van der Waals surface area (Å²) in [4.78, 5) is 2.17. The van der Waals surface area contributed by atoms with Crippen LogP contribution in [0.25, 0.3) is 0 Å². The van der Waals surface area contributed by atoms with Gasteiger partial charge in [0.2, 0.25) is 0 Å². The predicted octanol–water partition coefficient (Wildman–Crippen LogP) is 2.90. The zero-order valence-corrected chi connectivity index (χ0v) is 10.8. The summed E-state index contributed by atoms with van der Waals surface area (Å²) in [6.45, 7) is 7.47. The van der Waals surface area contributed by atoms with Gasteiger partial charge in [0.15, 0.2) is 0 Å². The molecule has 0 atom stereocenters. The SMILES string of the molecule is CCOCCN(CC)C(=N)C1CCCCC1. The fraction of sp³-hybridized carbons (Fsp3) is 0.923. The van der Waals surface area contributed by atoms with Gasteiger partial charge in [-0.25, -0.2) is 0 Å². The number of nitrogens with zero attached hydrogens (tertiary/aromatic N) is 1. The van der Waals surface area contributed by atoms with Crippen molar-refractivity contribution < 1.29 is 4.74 Å². The lowest BCUT2D eigenvalue weighted by Crippen LogP contribution is -2.38. The number of hydrogen-bond acceptors (Lipinski definition) is 2. The summed E-state index contributed by atoms with van der Waals surface area (Å²) >= 11 is 0. The Morgan fingerprint density at radius 3 is 2.50 bits per heavy atom. The Morgan fingerprint density at radius 1 is 1.25 bits per heavy atom. The molecule has 16 heavy (non-hydrogen) atoms. The molecule has 0 unspecified atom stereocenters. The van der Waals surface area contributed by atoms with Gasteiger partial charge < -0.3 is 9.64 Å². The Morgan fingerprint density at radius 2 is 1.94 bits per heavy atom. The van der Waals surface area contributed by atoms with Crippen LogP contribution in [0.2, 0.25) is 0 Å². The Hall–Kier alpha value is -0.570. The first-order valence-electron chi connectivity index (χ1n) is 6.70. The van der Waals surface area contributed by atoms with Gasteiger partial charge in [-0.1, -0.05) is 19.3 Å². The zero-order valence-electron chi connectivity index (χ0n) is 10.8. The molecule has 1 N–H and O–H groups in total. The molecule has 0 aromatic heterocycles. The maximum absolute atomic E-state index is 8.25. The van der Waals surface area contributed by atoms with Gasteiger partial charge >= 0.3 is 0 Å². The molecule has 1 aliphatic carbocycles. The first-order chi connectivity index (χ1) is 7.79. The van der Waals surface area contributed by atoms with E-state index < -0.39 is 0 Å². The first-order valence-corrected chi connectivity index (χ1v) is 6.70. The molecule has 0 spiro atoms. The molecule has 0 saturated heterocycles. The van der Waals surface area contributed by atoms with E-state index in [0.717, 1.165) is 32.1 Å². The van der Waals surface area contributed by atoms with E-state index in [2.05, 4.69) is 11.8 Å². The molecular weight excluding hydrogens is 200 g/mol. The molecule has 1 saturated carbocycles. The lowest BCUT2D eigenvalue weighted by atomic mass is 9.88. The fourth-order valence-corrected chi connectivity index (χ4v) is 2.40. The van der Waals surface area contributed by atoms with Crippen molar-refractivity contribution in [3.63, 3.8) is 0 Å². The predicted molar refractivity (Wildman–Crippen MR) is 68.0 cm³/mol. The van der Waals surface area contributed by atoms with E-state index >= 15 is 0 Å². The van der Waals surface area contributed by atoms with Crippen molar-refractivity contribution >= 4 is 5.84 Å². The number of nitrogens with one attached hydrogen (secondary N) is 1. The highest BCUT2D eigenvalue weighted by atomic mass is 16.5. The minimum Gasteiger partial charge on any atom is -0.380 e. The van der Waals surface area contributed by atoms with Crippen LogP contribution in [0.1, 0.15) is 46.0 Å². The summed E-state index contributed by atoms with van der Waals surface area (Å²) in [5.41, 5.74) is 0. The molecule has 1 rings (SSSR count). The zero-order chi connectivity index (χ0) is 11.8. The molecule has 3 heteroatoms.